The molecule has 30 heavy (non-hydrogen) atoms. The van der Waals surface area contributed by atoms with Crippen LogP contribution in [-0.4, -0.2) is 51.3 Å². The zero-order valence-electron chi connectivity index (χ0n) is 17.6. The van der Waals surface area contributed by atoms with E-state index in [1.54, 1.807) is 4.90 Å². The van der Waals surface area contributed by atoms with Crippen molar-refractivity contribution in [3.63, 3.8) is 0 Å². The number of urea groups is 1. The average molecular weight is 409 g/mol. The van der Waals surface area contributed by atoms with E-state index in [1.807, 2.05) is 13.0 Å². The lowest BCUT2D eigenvalue weighted by Gasteiger charge is -2.37. The number of rotatable bonds is 2. The first-order valence-electron chi connectivity index (χ1n) is 10.9. The zero-order valence-corrected chi connectivity index (χ0v) is 17.6. The molecule has 1 saturated heterocycles. The van der Waals surface area contributed by atoms with E-state index in [0.29, 0.717) is 19.5 Å². The van der Waals surface area contributed by atoms with Gasteiger partial charge >= 0.3 is 6.03 Å². The minimum absolute atomic E-state index is 0.0924. The van der Waals surface area contributed by atoms with Gasteiger partial charge in [-0.2, -0.15) is 0 Å². The molecule has 1 aromatic carbocycles. The summed E-state index contributed by atoms with van der Waals surface area (Å²) in [6.45, 7) is 5.00. The number of fused-ring (bicyclic) bond motifs is 3. The predicted octanol–water partition coefficient (Wildman–Crippen LogP) is 2.86. The van der Waals surface area contributed by atoms with Crippen LogP contribution in [0, 0.1) is 12.8 Å². The van der Waals surface area contributed by atoms with Crippen LogP contribution in [0.1, 0.15) is 49.4 Å². The maximum atomic E-state index is 13.2. The molecular weight excluding hydrogens is 380 g/mol. The quantitative estimate of drug-likeness (QED) is 0.750. The first kappa shape index (κ1) is 19.2. The van der Waals surface area contributed by atoms with Gasteiger partial charge in [-0.3, -0.25) is 14.5 Å². The molecule has 2 unspecified atom stereocenters. The van der Waals surface area contributed by atoms with Gasteiger partial charge in [0.1, 0.15) is 12.1 Å². The third-order valence-corrected chi connectivity index (χ3v) is 7.37. The zero-order chi connectivity index (χ0) is 21.0. The fourth-order valence-electron chi connectivity index (χ4n) is 5.47. The maximum Gasteiger partial charge on any atom is 0.325 e. The number of hydrogen-bond acceptors (Lipinski definition) is 3. The SMILES string of the molecule is Cc1cccc2c3c([nH]c12)CCN(C(=O)CN1C(=O)NC2(CCCCC2C)C1=O)C3. The number of carbonyl (C=O) groups is 3. The third kappa shape index (κ3) is 2.75. The van der Waals surface area contributed by atoms with Crippen molar-refractivity contribution in [2.24, 2.45) is 5.92 Å². The van der Waals surface area contributed by atoms with E-state index < -0.39 is 11.6 Å². The van der Waals surface area contributed by atoms with E-state index in [-0.39, 0.29) is 24.3 Å². The molecule has 2 N–H and O–H groups in total. The molecule has 2 aliphatic heterocycles. The summed E-state index contributed by atoms with van der Waals surface area (Å²) >= 11 is 0. The van der Waals surface area contributed by atoms with Crippen molar-refractivity contribution in [3.05, 3.63) is 35.0 Å². The van der Waals surface area contributed by atoms with E-state index in [4.69, 9.17) is 0 Å². The lowest BCUT2D eigenvalue weighted by molar-refractivity contribution is -0.141. The van der Waals surface area contributed by atoms with Crippen LogP contribution in [0.4, 0.5) is 4.79 Å². The number of amides is 4. The number of H-pyrrole nitrogens is 1. The molecule has 1 aromatic heterocycles. The van der Waals surface area contributed by atoms with Gasteiger partial charge in [-0.25, -0.2) is 4.79 Å². The van der Waals surface area contributed by atoms with Gasteiger partial charge in [-0.05, 0) is 31.2 Å². The summed E-state index contributed by atoms with van der Waals surface area (Å²) in [5.41, 5.74) is 3.81. The van der Waals surface area contributed by atoms with Gasteiger partial charge in [-0.15, -0.1) is 0 Å². The van der Waals surface area contributed by atoms with Crippen molar-refractivity contribution >= 4 is 28.7 Å². The van der Waals surface area contributed by atoms with Crippen LogP contribution in [-0.2, 0) is 22.6 Å². The normalized spacial score (nSPS) is 26.4. The molecular formula is C23H28N4O3. The van der Waals surface area contributed by atoms with E-state index in [0.717, 1.165) is 47.0 Å². The van der Waals surface area contributed by atoms with Crippen LogP contribution >= 0.6 is 0 Å². The number of benzene rings is 1. The van der Waals surface area contributed by atoms with Crippen LogP contribution in [0.3, 0.4) is 0 Å². The monoisotopic (exact) mass is 408 g/mol. The first-order valence-corrected chi connectivity index (χ1v) is 10.9. The van der Waals surface area contributed by atoms with Crippen molar-refractivity contribution < 1.29 is 14.4 Å². The summed E-state index contributed by atoms with van der Waals surface area (Å²) in [4.78, 5) is 45.3. The Morgan fingerprint density at radius 3 is 2.90 bits per heavy atom. The van der Waals surface area contributed by atoms with Crippen molar-refractivity contribution in [1.29, 1.82) is 0 Å². The second-order valence-electron chi connectivity index (χ2n) is 9.08. The molecule has 7 heteroatoms. The largest absolute Gasteiger partial charge is 0.358 e. The van der Waals surface area contributed by atoms with Crippen LogP contribution in [0.25, 0.3) is 10.9 Å². The molecule has 1 aliphatic carbocycles. The third-order valence-electron chi connectivity index (χ3n) is 7.37. The lowest BCUT2D eigenvalue weighted by Crippen LogP contribution is -2.54. The van der Waals surface area contributed by atoms with Crippen LogP contribution in [0.15, 0.2) is 18.2 Å². The van der Waals surface area contributed by atoms with Gasteiger partial charge in [0.25, 0.3) is 5.91 Å². The Kier molecular flexibility index (Phi) is 4.38. The molecule has 2 fully saturated rings. The number of aromatic nitrogens is 1. The molecule has 158 valence electrons. The van der Waals surface area contributed by atoms with E-state index >= 15 is 0 Å². The molecule has 0 bridgehead atoms. The summed E-state index contributed by atoms with van der Waals surface area (Å²) in [5.74, 6) is -0.310. The molecule has 0 radical (unpaired) electrons. The Labute approximate surface area is 175 Å². The van der Waals surface area contributed by atoms with E-state index in [2.05, 4.69) is 29.4 Å². The number of aromatic amines is 1. The fourth-order valence-corrected chi connectivity index (χ4v) is 5.47. The fraction of sp³-hybridized carbons (Fsp3) is 0.522. The molecule has 1 saturated carbocycles. The van der Waals surface area contributed by atoms with Crippen molar-refractivity contribution in [3.8, 4) is 0 Å². The highest BCUT2D eigenvalue weighted by atomic mass is 16.2. The predicted molar refractivity (Wildman–Crippen MR) is 113 cm³/mol. The number of nitrogens with zero attached hydrogens (tertiary/aromatic N) is 2. The summed E-state index contributed by atoms with van der Waals surface area (Å²) in [7, 11) is 0. The number of aryl methyl sites for hydroxylation is 1. The minimum atomic E-state index is -0.820. The highest BCUT2D eigenvalue weighted by Gasteiger charge is 2.55. The van der Waals surface area contributed by atoms with Gasteiger partial charge in [0.05, 0.1) is 0 Å². The Morgan fingerprint density at radius 2 is 2.10 bits per heavy atom. The van der Waals surface area contributed by atoms with Gasteiger partial charge in [-0.1, -0.05) is 38.0 Å². The lowest BCUT2D eigenvalue weighted by atomic mass is 9.73. The average Bonchev–Trinajstić information content (AvgIpc) is 3.22. The molecule has 1 spiro atoms. The van der Waals surface area contributed by atoms with Gasteiger partial charge in [0.2, 0.25) is 5.91 Å². The molecule has 4 amide bonds. The summed E-state index contributed by atoms with van der Waals surface area (Å²) in [6.07, 6.45) is 4.32. The Hall–Kier alpha value is -2.83. The summed E-state index contributed by atoms with van der Waals surface area (Å²) in [6, 6.07) is 5.76. The minimum Gasteiger partial charge on any atom is -0.358 e. The smallest absolute Gasteiger partial charge is 0.325 e. The molecule has 5 rings (SSSR count). The number of hydrogen-bond donors (Lipinski definition) is 2. The maximum absolute atomic E-state index is 13.2. The van der Waals surface area contributed by atoms with E-state index in [1.165, 1.54) is 11.3 Å². The Bertz CT molecular complexity index is 1060. The summed E-state index contributed by atoms with van der Waals surface area (Å²) < 4.78 is 0. The topological polar surface area (TPSA) is 85.5 Å². The molecule has 3 heterocycles. The highest BCUT2D eigenvalue weighted by Crippen LogP contribution is 2.38. The molecule has 2 atom stereocenters. The van der Waals surface area contributed by atoms with Gasteiger partial charge < -0.3 is 15.2 Å². The second kappa shape index (κ2) is 6.86. The number of imide groups is 1. The first-order chi connectivity index (χ1) is 14.4. The molecule has 3 aliphatic rings. The Balaban J connectivity index is 1.34. The molecule has 7 nitrogen and oxygen atoms in total. The van der Waals surface area contributed by atoms with Crippen molar-refractivity contribution in [2.45, 2.75) is 58.0 Å². The standard InChI is InChI=1S/C23H28N4O3/c1-14-6-5-8-16-17-12-26(11-9-18(17)24-20(14)16)19(28)13-27-21(29)23(25-22(27)30)10-4-3-7-15(23)2/h5-6,8,15,24H,3-4,7,9-13H2,1-2H3,(H,25,30). The van der Waals surface area contributed by atoms with Gasteiger partial charge in [0.15, 0.2) is 0 Å². The van der Waals surface area contributed by atoms with Crippen LogP contribution in [0.5, 0.6) is 0 Å². The van der Waals surface area contributed by atoms with Crippen molar-refractivity contribution in [1.82, 2.24) is 20.1 Å². The highest BCUT2D eigenvalue weighted by molar-refractivity contribution is 6.09. The van der Waals surface area contributed by atoms with Crippen LogP contribution < -0.4 is 5.32 Å². The Morgan fingerprint density at radius 1 is 1.27 bits per heavy atom. The molecule has 2 aromatic rings. The van der Waals surface area contributed by atoms with E-state index in [9.17, 15) is 14.4 Å². The van der Waals surface area contributed by atoms with Crippen molar-refractivity contribution in [2.75, 3.05) is 13.1 Å². The number of carbonyl (C=O) groups excluding carboxylic acids is 3. The van der Waals surface area contributed by atoms with Crippen LogP contribution in [0.2, 0.25) is 0 Å². The second-order valence-corrected chi connectivity index (χ2v) is 9.08. The number of nitrogens with one attached hydrogen (secondary N) is 2. The summed E-state index contributed by atoms with van der Waals surface area (Å²) in [5, 5.41) is 4.08. The van der Waals surface area contributed by atoms with Gasteiger partial charge in [0, 0.05) is 41.7 Å². The number of para-hydroxylation sites is 1.